The van der Waals surface area contributed by atoms with Gasteiger partial charge < -0.3 is 19.7 Å². The van der Waals surface area contributed by atoms with Gasteiger partial charge in [-0.2, -0.15) is 0 Å². The minimum Gasteiger partial charge on any atom is -0.466 e. The molecule has 0 spiro atoms. The molecule has 1 aliphatic heterocycles. The van der Waals surface area contributed by atoms with Crippen LogP contribution in [0.4, 0.5) is 0 Å². The number of ether oxygens (including phenoxy) is 2. The molecule has 1 N–H and O–H groups in total. The summed E-state index contributed by atoms with van der Waals surface area (Å²) in [7, 11) is 1.78. The van der Waals surface area contributed by atoms with Crippen molar-refractivity contribution in [2.24, 2.45) is 4.99 Å². The number of hydrogen-bond donors (Lipinski definition) is 1. The van der Waals surface area contributed by atoms with E-state index in [1.54, 1.807) is 7.05 Å². The van der Waals surface area contributed by atoms with E-state index < -0.39 is 0 Å². The fourth-order valence-corrected chi connectivity index (χ4v) is 2.98. The topological polar surface area (TPSA) is 63.2 Å². The SMILES string of the molecule is CCOC(=O)CCCNC(=NC)N1CCOC(c2ccccc2C)C1.I. The standard InChI is InChI=1S/C19H29N3O3.HI/c1-4-24-18(23)10-7-11-21-19(20-3)22-12-13-25-17(14-22)16-9-6-5-8-15(16)2;/h5-6,8-9,17H,4,7,10-14H2,1-3H3,(H,20,21);1H. The van der Waals surface area contributed by atoms with Gasteiger partial charge in [0.1, 0.15) is 6.10 Å². The van der Waals surface area contributed by atoms with Crippen LogP contribution >= 0.6 is 24.0 Å². The van der Waals surface area contributed by atoms with Gasteiger partial charge in [-0.25, -0.2) is 0 Å². The highest BCUT2D eigenvalue weighted by atomic mass is 127. The fourth-order valence-electron chi connectivity index (χ4n) is 2.98. The van der Waals surface area contributed by atoms with E-state index in [9.17, 15) is 4.79 Å². The van der Waals surface area contributed by atoms with Gasteiger partial charge in [0.15, 0.2) is 5.96 Å². The summed E-state index contributed by atoms with van der Waals surface area (Å²) < 4.78 is 10.9. The predicted molar refractivity (Wildman–Crippen MR) is 114 cm³/mol. The van der Waals surface area contributed by atoms with Crippen molar-refractivity contribution in [2.45, 2.75) is 32.8 Å². The van der Waals surface area contributed by atoms with Crippen LogP contribution in [0, 0.1) is 6.92 Å². The molecule has 1 aliphatic rings. The number of aliphatic imine (C=N–C) groups is 1. The first-order chi connectivity index (χ1) is 12.2. The average molecular weight is 475 g/mol. The van der Waals surface area contributed by atoms with Crippen LogP contribution in [0.25, 0.3) is 0 Å². The Morgan fingerprint density at radius 3 is 2.88 bits per heavy atom. The quantitative estimate of drug-likeness (QED) is 0.226. The summed E-state index contributed by atoms with van der Waals surface area (Å²) in [5.41, 5.74) is 2.47. The van der Waals surface area contributed by atoms with Gasteiger partial charge in [0.25, 0.3) is 0 Å². The molecule has 1 aromatic rings. The maximum Gasteiger partial charge on any atom is 0.305 e. The van der Waals surface area contributed by atoms with E-state index in [0.717, 1.165) is 25.5 Å². The van der Waals surface area contributed by atoms with E-state index in [0.29, 0.717) is 26.2 Å². The van der Waals surface area contributed by atoms with Crippen LogP contribution in [0.15, 0.2) is 29.3 Å². The lowest BCUT2D eigenvalue weighted by Crippen LogP contribution is -2.48. The van der Waals surface area contributed by atoms with Crippen molar-refractivity contribution in [3.05, 3.63) is 35.4 Å². The summed E-state index contributed by atoms with van der Waals surface area (Å²) in [6.07, 6.45) is 1.20. The maximum atomic E-state index is 11.4. The van der Waals surface area contributed by atoms with Gasteiger partial charge >= 0.3 is 5.97 Å². The molecule has 146 valence electrons. The summed E-state index contributed by atoms with van der Waals surface area (Å²) in [5, 5.41) is 3.34. The summed E-state index contributed by atoms with van der Waals surface area (Å²) >= 11 is 0. The maximum absolute atomic E-state index is 11.4. The molecular weight excluding hydrogens is 445 g/mol. The molecule has 1 fully saturated rings. The Labute approximate surface area is 173 Å². The molecule has 1 unspecified atom stereocenters. The van der Waals surface area contributed by atoms with Crippen molar-refractivity contribution in [1.82, 2.24) is 10.2 Å². The molecule has 1 saturated heterocycles. The number of carbonyl (C=O) groups excluding carboxylic acids is 1. The first-order valence-corrected chi connectivity index (χ1v) is 8.94. The van der Waals surface area contributed by atoms with Crippen molar-refractivity contribution in [2.75, 3.05) is 39.9 Å². The molecule has 1 aromatic carbocycles. The van der Waals surface area contributed by atoms with Crippen LogP contribution in [0.3, 0.4) is 0 Å². The van der Waals surface area contributed by atoms with E-state index >= 15 is 0 Å². The van der Waals surface area contributed by atoms with E-state index in [2.05, 4.69) is 34.3 Å². The lowest BCUT2D eigenvalue weighted by atomic mass is 10.0. The second-order valence-corrected chi connectivity index (χ2v) is 6.04. The molecule has 1 heterocycles. The first-order valence-electron chi connectivity index (χ1n) is 8.94. The predicted octanol–water partition coefficient (Wildman–Crippen LogP) is 2.91. The molecule has 1 atom stereocenters. The normalized spacial score (nSPS) is 17.4. The lowest BCUT2D eigenvalue weighted by Gasteiger charge is -2.35. The van der Waals surface area contributed by atoms with Crippen LogP contribution in [-0.2, 0) is 14.3 Å². The smallest absolute Gasteiger partial charge is 0.305 e. The number of morpholine rings is 1. The van der Waals surface area contributed by atoms with Crippen LogP contribution in [0.1, 0.15) is 37.0 Å². The van der Waals surface area contributed by atoms with Crippen LogP contribution < -0.4 is 5.32 Å². The number of carbonyl (C=O) groups is 1. The van der Waals surface area contributed by atoms with Gasteiger partial charge in [0, 0.05) is 26.6 Å². The third-order valence-corrected chi connectivity index (χ3v) is 4.26. The molecule has 2 rings (SSSR count). The van der Waals surface area contributed by atoms with Crippen molar-refractivity contribution < 1.29 is 14.3 Å². The van der Waals surface area contributed by atoms with Gasteiger partial charge in [0.2, 0.25) is 0 Å². The number of benzene rings is 1. The Hall–Kier alpha value is -1.35. The Morgan fingerprint density at radius 2 is 2.19 bits per heavy atom. The lowest BCUT2D eigenvalue weighted by molar-refractivity contribution is -0.143. The van der Waals surface area contributed by atoms with E-state index in [1.807, 2.05) is 19.1 Å². The molecule has 0 bridgehead atoms. The Morgan fingerprint density at radius 1 is 1.42 bits per heavy atom. The highest BCUT2D eigenvalue weighted by molar-refractivity contribution is 14.0. The number of hydrogen-bond acceptors (Lipinski definition) is 4. The number of halogens is 1. The highest BCUT2D eigenvalue weighted by Gasteiger charge is 2.24. The van der Waals surface area contributed by atoms with E-state index in [1.165, 1.54) is 11.1 Å². The molecule has 0 radical (unpaired) electrons. The second kappa shape index (κ2) is 12.1. The monoisotopic (exact) mass is 475 g/mol. The number of nitrogens with one attached hydrogen (secondary N) is 1. The summed E-state index contributed by atoms with van der Waals surface area (Å²) in [5.74, 6) is 0.705. The number of nitrogens with zero attached hydrogens (tertiary/aromatic N) is 2. The number of esters is 1. The zero-order valence-electron chi connectivity index (χ0n) is 15.9. The highest BCUT2D eigenvalue weighted by Crippen LogP contribution is 2.24. The summed E-state index contributed by atoms with van der Waals surface area (Å²) in [4.78, 5) is 18.0. The van der Waals surface area contributed by atoms with Gasteiger partial charge in [0.05, 0.1) is 19.8 Å². The van der Waals surface area contributed by atoms with Crippen molar-refractivity contribution in [3.63, 3.8) is 0 Å². The molecule has 0 amide bonds. The third-order valence-electron chi connectivity index (χ3n) is 4.26. The zero-order valence-corrected chi connectivity index (χ0v) is 18.2. The van der Waals surface area contributed by atoms with Gasteiger partial charge in [-0.3, -0.25) is 9.79 Å². The Balaban J connectivity index is 0.00000338. The first kappa shape index (κ1) is 22.7. The van der Waals surface area contributed by atoms with E-state index in [4.69, 9.17) is 9.47 Å². The van der Waals surface area contributed by atoms with Crippen LogP contribution in [0.2, 0.25) is 0 Å². The molecule has 0 aliphatic carbocycles. The molecule has 26 heavy (non-hydrogen) atoms. The Kier molecular flexibility index (Phi) is 10.6. The van der Waals surface area contributed by atoms with Crippen LogP contribution in [-0.4, -0.2) is 56.7 Å². The van der Waals surface area contributed by atoms with Crippen molar-refractivity contribution in [1.29, 1.82) is 0 Å². The van der Waals surface area contributed by atoms with Gasteiger partial charge in [-0.1, -0.05) is 24.3 Å². The van der Waals surface area contributed by atoms with Crippen molar-refractivity contribution >= 4 is 35.9 Å². The molecular formula is C19H30IN3O3. The van der Waals surface area contributed by atoms with Gasteiger partial charge in [-0.05, 0) is 31.4 Å². The van der Waals surface area contributed by atoms with Gasteiger partial charge in [-0.15, -0.1) is 24.0 Å². The second-order valence-electron chi connectivity index (χ2n) is 6.04. The molecule has 7 heteroatoms. The zero-order chi connectivity index (χ0) is 18.1. The largest absolute Gasteiger partial charge is 0.466 e. The summed E-state index contributed by atoms with van der Waals surface area (Å²) in [6.45, 7) is 7.30. The third kappa shape index (κ3) is 6.75. The van der Waals surface area contributed by atoms with Crippen molar-refractivity contribution in [3.8, 4) is 0 Å². The average Bonchev–Trinajstić information content (AvgIpc) is 2.62. The Bertz CT molecular complexity index is 595. The molecule has 0 saturated carbocycles. The number of aryl methyl sites for hydroxylation is 1. The number of rotatable bonds is 6. The molecule has 0 aromatic heterocycles. The minimum atomic E-state index is -0.148. The molecule has 6 nitrogen and oxygen atoms in total. The van der Waals surface area contributed by atoms with Crippen LogP contribution in [0.5, 0.6) is 0 Å². The number of guanidine groups is 1. The fraction of sp³-hybridized carbons (Fsp3) is 0.579. The summed E-state index contributed by atoms with van der Waals surface area (Å²) in [6, 6.07) is 8.33. The van der Waals surface area contributed by atoms with E-state index in [-0.39, 0.29) is 36.0 Å². The minimum absolute atomic E-state index is 0.